The summed E-state index contributed by atoms with van der Waals surface area (Å²) in [6.45, 7) is 9.92. The number of hydrogen-bond acceptors (Lipinski definition) is 2. The molecule has 0 saturated heterocycles. The molecule has 0 amide bonds. The molecule has 0 aliphatic carbocycles. The van der Waals surface area contributed by atoms with E-state index in [0.717, 1.165) is 16.9 Å². The quantitative estimate of drug-likeness (QED) is 0.726. The minimum atomic E-state index is -1.20. The SMILES string of the molecule is C=C[C@@H](c1cccc(OC)c1)[C@H](NS(=O)C(C)(C)C)c1ccccc1. The van der Waals surface area contributed by atoms with Gasteiger partial charge in [-0.2, -0.15) is 0 Å². The number of rotatable bonds is 7. The summed E-state index contributed by atoms with van der Waals surface area (Å²) >= 11 is 0. The predicted molar refractivity (Wildman–Crippen MR) is 106 cm³/mol. The van der Waals surface area contributed by atoms with Gasteiger partial charge in [-0.1, -0.05) is 48.5 Å². The average Bonchev–Trinajstić information content (AvgIpc) is 2.61. The van der Waals surface area contributed by atoms with Gasteiger partial charge >= 0.3 is 0 Å². The van der Waals surface area contributed by atoms with E-state index in [1.165, 1.54) is 0 Å². The molecule has 0 fully saturated rings. The first-order chi connectivity index (χ1) is 11.9. The normalized spacial score (nSPS) is 15.2. The highest BCUT2D eigenvalue weighted by atomic mass is 32.2. The Morgan fingerprint density at radius 1 is 1.08 bits per heavy atom. The summed E-state index contributed by atoms with van der Waals surface area (Å²) in [5.74, 6) is 0.761. The third kappa shape index (κ3) is 5.03. The highest BCUT2D eigenvalue weighted by Gasteiger charge is 2.28. The van der Waals surface area contributed by atoms with Crippen molar-refractivity contribution in [2.75, 3.05) is 7.11 Å². The molecule has 0 radical (unpaired) electrons. The van der Waals surface area contributed by atoms with Crippen LogP contribution in [0.15, 0.2) is 67.3 Å². The first kappa shape index (κ1) is 19.4. The monoisotopic (exact) mass is 357 g/mol. The van der Waals surface area contributed by atoms with E-state index in [4.69, 9.17) is 4.74 Å². The zero-order valence-corrected chi connectivity index (χ0v) is 16.2. The fourth-order valence-corrected chi connectivity index (χ4v) is 3.48. The molecule has 3 atom stereocenters. The molecule has 2 aromatic carbocycles. The van der Waals surface area contributed by atoms with Gasteiger partial charge in [0.15, 0.2) is 0 Å². The average molecular weight is 358 g/mol. The Balaban J connectivity index is 2.44. The summed E-state index contributed by atoms with van der Waals surface area (Å²) in [4.78, 5) is 0. The Morgan fingerprint density at radius 2 is 1.72 bits per heavy atom. The van der Waals surface area contributed by atoms with Crippen molar-refractivity contribution in [1.82, 2.24) is 4.72 Å². The lowest BCUT2D eigenvalue weighted by Gasteiger charge is -2.29. The first-order valence-corrected chi connectivity index (χ1v) is 9.51. The zero-order chi connectivity index (χ0) is 18.4. The summed E-state index contributed by atoms with van der Waals surface area (Å²) in [5, 5.41) is 0. The Labute approximate surface area is 153 Å². The summed E-state index contributed by atoms with van der Waals surface area (Å²) in [6.07, 6.45) is 1.90. The molecule has 1 N–H and O–H groups in total. The van der Waals surface area contributed by atoms with Crippen molar-refractivity contribution in [3.63, 3.8) is 0 Å². The minimum Gasteiger partial charge on any atom is -0.497 e. The van der Waals surface area contributed by atoms with E-state index in [2.05, 4.69) is 11.3 Å². The molecular formula is C21H27NO2S. The van der Waals surface area contributed by atoms with Crippen molar-refractivity contribution >= 4 is 11.0 Å². The molecule has 0 aliphatic heterocycles. The van der Waals surface area contributed by atoms with Crippen LogP contribution in [0.25, 0.3) is 0 Å². The lowest BCUT2D eigenvalue weighted by Crippen LogP contribution is -2.37. The maximum Gasteiger partial charge on any atom is 0.119 e. The van der Waals surface area contributed by atoms with E-state index in [1.807, 2.05) is 81.4 Å². The van der Waals surface area contributed by atoms with Crippen LogP contribution in [0.1, 0.15) is 43.9 Å². The van der Waals surface area contributed by atoms with Crippen molar-refractivity contribution in [3.8, 4) is 5.75 Å². The van der Waals surface area contributed by atoms with E-state index in [0.29, 0.717) is 0 Å². The van der Waals surface area contributed by atoms with Crippen molar-refractivity contribution in [1.29, 1.82) is 0 Å². The van der Waals surface area contributed by atoms with E-state index in [9.17, 15) is 4.21 Å². The maximum absolute atomic E-state index is 12.8. The molecule has 0 aliphatic rings. The highest BCUT2D eigenvalue weighted by Crippen LogP contribution is 2.34. The molecule has 0 spiro atoms. The second-order valence-electron chi connectivity index (χ2n) is 6.93. The first-order valence-electron chi connectivity index (χ1n) is 8.36. The number of benzene rings is 2. The topological polar surface area (TPSA) is 38.3 Å². The number of ether oxygens (including phenoxy) is 1. The maximum atomic E-state index is 12.8. The lowest BCUT2D eigenvalue weighted by atomic mass is 9.87. The Hall–Kier alpha value is -1.91. The van der Waals surface area contributed by atoms with Crippen LogP contribution in [0.4, 0.5) is 0 Å². The van der Waals surface area contributed by atoms with Crippen molar-refractivity contribution in [2.24, 2.45) is 0 Å². The molecule has 134 valence electrons. The van der Waals surface area contributed by atoms with Gasteiger partial charge in [0.2, 0.25) is 0 Å². The summed E-state index contributed by atoms with van der Waals surface area (Å²) in [6, 6.07) is 17.9. The van der Waals surface area contributed by atoms with Crippen LogP contribution in [-0.4, -0.2) is 16.1 Å². The second kappa shape index (κ2) is 8.45. The van der Waals surface area contributed by atoms with Gasteiger partial charge in [-0.05, 0) is 44.0 Å². The molecular weight excluding hydrogens is 330 g/mol. The lowest BCUT2D eigenvalue weighted by molar-refractivity contribution is 0.413. The van der Waals surface area contributed by atoms with E-state index >= 15 is 0 Å². The third-order valence-corrected chi connectivity index (χ3v) is 5.62. The van der Waals surface area contributed by atoms with Crippen LogP contribution in [-0.2, 0) is 11.0 Å². The molecule has 3 nitrogen and oxygen atoms in total. The molecule has 0 aromatic heterocycles. The Bertz CT molecular complexity index is 722. The van der Waals surface area contributed by atoms with Crippen molar-refractivity contribution in [3.05, 3.63) is 78.4 Å². The molecule has 0 bridgehead atoms. The second-order valence-corrected chi connectivity index (χ2v) is 8.92. The Kier molecular flexibility index (Phi) is 6.57. The molecule has 0 heterocycles. The summed E-state index contributed by atoms with van der Waals surface area (Å²) in [7, 11) is 0.456. The van der Waals surface area contributed by atoms with Crippen molar-refractivity contribution < 1.29 is 8.95 Å². The van der Waals surface area contributed by atoms with Crippen LogP contribution < -0.4 is 9.46 Å². The molecule has 2 rings (SSSR count). The molecule has 4 heteroatoms. The van der Waals surface area contributed by atoms with E-state index < -0.39 is 11.0 Å². The summed E-state index contributed by atoms with van der Waals surface area (Å²) < 4.78 is 21.1. The van der Waals surface area contributed by atoms with Gasteiger partial charge in [-0.15, -0.1) is 6.58 Å². The zero-order valence-electron chi connectivity index (χ0n) is 15.4. The van der Waals surface area contributed by atoms with Crippen LogP contribution in [0.2, 0.25) is 0 Å². The fraction of sp³-hybridized carbons (Fsp3) is 0.333. The van der Waals surface area contributed by atoms with Gasteiger partial charge in [0, 0.05) is 5.92 Å². The van der Waals surface area contributed by atoms with Gasteiger partial charge in [0.05, 0.1) is 28.9 Å². The van der Waals surface area contributed by atoms with Gasteiger partial charge < -0.3 is 4.74 Å². The standard InChI is InChI=1S/C21H27NO2S/c1-6-19(17-13-10-14-18(15-17)24-5)20(16-11-8-7-9-12-16)22-25(23)21(2,3)4/h6-15,19-20,22H,1H2,2-5H3/t19-,20+,25?/m0/s1. The van der Waals surface area contributed by atoms with Crippen LogP contribution in [0, 0.1) is 0 Å². The van der Waals surface area contributed by atoms with Gasteiger partial charge in [0.25, 0.3) is 0 Å². The largest absolute Gasteiger partial charge is 0.497 e. The van der Waals surface area contributed by atoms with Crippen LogP contribution >= 0.6 is 0 Å². The van der Waals surface area contributed by atoms with Crippen molar-refractivity contribution in [2.45, 2.75) is 37.5 Å². The fourth-order valence-electron chi connectivity index (χ4n) is 2.61. The predicted octanol–water partition coefficient (Wildman–Crippen LogP) is 4.76. The smallest absolute Gasteiger partial charge is 0.119 e. The van der Waals surface area contributed by atoms with Gasteiger partial charge in [-0.25, -0.2) is 8.93 Å². The summed E-state index contributed by atoms with van der Waals surface area (Å²) in [5.41, 5.74) is 2.15. The van der Waals surface area contributed by atoms with Crippen LogP contribution in [0.5, 0.6) is 5.75 Å². The Morgan fingerprint density at radius 3 is 2.28 bits per heavy atom. The van der Waals surface area contributed by atoms with E-state index in [1.54, 1.807) is 7.11 Å². The van der Waals surface area contributed by atoms with E-state index in [-0.39, 0.29) is 16.7 Å². The molecule has 0 saturated carbocycles. The molecule has 1 unspecified atom stereocenters. The molecule has 25 heavy (non-hydrogen) atoms. The third-order valence-electron chi connectivity index (χ3n) is 4.04. The highest BCUT2D eigenvalue weighted by molar-refractivity contribution is 7.84. The minimum absolute atomic E-state index is 0.0381. The van der Waals surface area contributed by atoms with Gasteiger partial charge in [-0.3, -0.25) is 0 Å². The number of hydrogen-bond donors (Lipinski definition) is 1. The number of methoxy groups -OCH3 is 1. The van der Waals surface area contributed by atoms with Gasteiger partial charge in [0.1, 0.15) is 5.75 Å². The number of nitrogens with one attached hydrogen (secondary N) is 1. The van der Waals surface area contributed by atoms with Crippen LogP contribution in [0.3, 0.4) is 0 Å². The molecule has 2 aromatic rings.